The highest BCUT2D eigenvalue weighted by Gasteiger charge is 2.26. The van der Waals surface area contributed by atoms with Crippen molar-refractivity contribution in [3.8, 4) is 0 Å². The number of hydrogen-bond donors (Lipinski definition) is 0. The second-order valence-electron chi connectivity index (χ2n) is 4.12. The van der Waals surface area contributed by atoms with Crippen molar-refractivity contribution in [1.82, 2.24) is 9.80 Å². The average molecular weight is 170 g/mol. The first-order valence-corrected chi connectivity index (χ1v) is 5.04. The summed E-state index contributed by atoms with van der Waals surface area (Å²) in [6.07, 6.45) is 1.38. The summed E-state index contributed by atoms with van der Waals surface area (Å²) in [6.45, 7) is 8.32. The molecule has 0 aromatic heterocycles. The molecule has 2 nitrogen and oxygen atoms in total. The fourth-order valence-corrected chi connectivity index (χ4v) is 2.01. The van der Waals surface area contributed by atoms with E-state index in [1.807, 2.05) is 0 Å². The van der Waals surface area contributed by atoms with Gasteiger partial charge in [0.25, 0.3) is 0 Å². The first kappa shape index (κ1) is 10.0. The molecule has 1 saturated heterocycles. The molecule has 0 amide bonds. The fourth-order valence-electron chi connectivity index (χ4n) is 2.01. The van der Waals surface area contributed by atoms with Gasteiger partial charge in [-0.1, -0.05) is 6.92 Å². The lowest BCUT2D eigenvalue weighted by atomic mass is 9.99. The molecular weight excluding hydrogens is 148 g/mol. The Morgan fingerprint density at radius 3 is 2.67 bits per heavy atom. The highest BCUT2D eigenvalue weighted by Crippen LogP contribution is 2.20. The lowest BCUT2D eigenvalue weighted by Gasteiger charge is -2.28. The van der Waals surface area contributed by atoms with Gasteiger partial charge in [0.15, 0.2) is 0 Å². The van der Waals surface area contributed by atoms with Gasteiger partial charge in [0.1, 0.15) is 0 Å². The van der Waals surface area contributed by atoms with Crippen LogP contribution in [0.2, 0.25) is 0 Å². The van der Waals surface area contributed by atoms with Gasteiger partial charge in [-0.05, 0) is 46.4 Å². The molecule has 1 fully saturated rings. The summed E-state index contributed by atoms with van der Waals surface area (Å²) in [5, 5.41) is 0. The zero-order valence-corrected chi connectivity index (χ0v) is 8.88. The monoisotopic (exact) mass is 170 g/mol. The summed E-state index contributed by atoms with van der Waals surface area (Å²) in [4.78, 5) is 4.88. The van der Waals surface area contributed by atoms with E-state index >= 15 is 0 Å². The summed E-state index contributed by atoms with van der Waals surface area (Å²) in [7, 11) is 4.45. The SMILES string of the molecule is CCN(C)C(C)C1CCN(C)C1. The van der Waals surface area contributed by atoms with Crippen molar-refractivity contribution in [2.75, 3.05) is 33.7 Å². The minimum Gasteiger partial charge on any atom is -0.306 e. The van der Waals surface area contributed by atoms with Crippen molar-refractivity contribution in [1.29, 1.82) is 0 Å². The van der Waals surface area contributed by atoms with Gasteiger partial charge in [0.05, 0.1) is 0 Å². The van der Waals surface area contributed by atoms with E-state index in [0.717, 1.165) is 12.0 Å². The van der Waals surface area contributed by atoms with E-state index in [1.54, 1.807) is 0 Å². The Balaban J connectivity index is 2.37. The lowest BCUT2D eigenvalue weighted by molar-refractivity contribution is 0.199. The van der Waals surface area contributed by atoms with Crippen LogP contribution in [0.5, 0.6) is 0 Å². The summed E-state index contributed by atoms with van der Waals surface area (Å²) in [5.41, 5.74) is 0. The summed E-state index contributed by atoms with van der Waals surface area (Å²) >= 11 is 0. The summed E-state index contributed by atoms with van der Waals surface area (Å²) < 4.78 is 0. The fraction of sp³-hybridized carbons (Fsp3) is 1.00. The van der Waals surface area contributed by atoms with Crippen molar-refractivity contribution in [3.05, 3.63) is 0 Å². The normalized spacial score (nSPS) is 28.2. The van der Waals surface area contributed by atoms with Gasteiger partial charge < -0.3 is 9.80 Å². The summed E-state index contributed by atoms with van der Waals surface area (Å²) in [5.74, 6) is 0.889. The molecule has 1 heterocycles. The molecule has 0 bridgehead atoms. The highest BCUT2D eigenvalue weighted by atomic mass is 15.2. The second kappa shape index (κ2) is 4.24. The molecule has 1 aliphatic rings. The molecule has 2 heteroatoms. The Morgan fingerprint density at radius 2 is 2.25 bits per heavy atom. The topological polar surface area (TPSA) is 6.48 Å². The number of rotatable bonds is 3. The van der Waals surface area contributed by atoms with Crippen LogP contribution in [-0.4, -0.2) is 49.6 Å². The van der Waals surface area contributed by atoms with Crippen LogP contribution in [0.15, 0.2) is 0 Å². The Labute approximate surface area is 76.5 Å². The van der Waals surface area contributed by atoms with Gasteiger partial charge in [-0.15, -0.1) is 0 Å². The van der Waals surface area contributed by atoms with E-state index in [1.165, 1.54) is 26.1 Å². The van der Waals surface area contributed by atoms with Crippen molar-refractivity contribution >= 4 is 0 Å². The molecule has 2 atom stereocenters. The van der Waals surface area contributed by atoms with Gasteiger partial charge in [0.2, 0.25) is 0 Å². The molecule has 0 saturated carbocycles. The standard InChI is InChI=1S/C10H22N2/c1-5-12(4)9(2)10-6-7-11(3)8-10/h9-10H,5-8H2,1-4H3. The third-order valence-corrected chi connectivity index (χ3v) is 3.30. The Kier molecular flexibility index (Phi) is 3.53. The minimum absolute atomic E-state index is 0.750. The van der Waals surface area contributed by atoms with Crippen molar-refractivity contribution in [2.45, 2.75) is 26.3 Å². The van der Waals surface area contributed by atoms with Crippen molar-refractivity contribution in [3.63, 3.8) is 0 Å². The Morgan fingerprint density at radius 1 is 1.58 bits per heavy atom. The van der Waals surface area contributed by atoms with Crippen LogP contribution >= 0.6 is 0 Å². The molecule has 0 N–H and O–H groups in total. The van der Waals surface area contributed by atoms with E-state index in [-0.39, 0.29) is 0 Å². The second-order valence-corrected chi connectivity index (χ2v) is 4.12. The van der Waals surface area contributed by atoms with Crippen molar-refractivity contribution < 1.29 is 0 Å². The number of nitrogens with zero attached hydrogens (tertiary/aromatic N) is 2. The quantitative estimate of drug-likeness (QED) is 0.629. The van der Waals surface area contributed by atoms with Crippen LogP contribution in [-0.2, 0) is 0 Å². The molecule has 0 radical (unpaired) electrons. The maximum absolute atomic E-state index is 2.45. The highest BCUT2D eigenvalue weighted by molar-refractivity contribution is 4.81. The molecule has 2 unspecified atom stereocenters. The maximum atomic E-state index is 2.45. The molecule has 12 heavy (non-hydrogen) atoms. The predicted octanol–water partition coefficient (Wildman–Crippen LogP) is 1.28. The smallest absolute Gasteiger partial charge is 0.0105 e. The van der Waals surface area contributed by atoms with Gasteiger partial charge in [-0.3, -0.25) is 0 Å². The average Bonchev–Trinajstić information content (AvgIpc) is 2.49. The predicted molar refractivity (Wildman–Crippen MR) is 53.4 cm³/mol. The van der Waals surface area contributed by atoms with Gasteiger partial charge >= 0.3 is 0 Å². The Bertz CT molecular complexity index is 136. The number of hydrogen-bond acceptors (Lipinski definition) is 2. The summed E-state index contributed by atoms with van der Waals surface area (Å²) in [6, 6.07) is 0.750. The molecule has 0 aromatic carbocycles. The molecular formula is C10H22N2. The van der Waals surface area contributed by atoms with E-state index in [0.29, 0.717) is 0 Å². The number of likely N-dealkylation sites (tertiary alicyclic amines) is 1. The van der Waals surface area contributed by atoms with Crippen molar-refractivity contribution in [2.24, 2.45) is 5.92 Å². The van der Waals surface area contributed by atoms with Crippen LogP contribution in [0.25, 0.3) is 0 Å². The van der Waals surface area contributed by atoms with Crippen LogP contribution in [0.1, 0.15) is 20.3 Å². The molecule has 72 valence electrons. The zero-order chi connectivity index (χ0) is 9.14. The maximum Gasteiger partial charge on any atom is 0.0105 e. The van der Waals surface area contributed by atoms with Crippen LogP contribution in [0.3, 0.4) is 0 Å². The molecule has 1 aliphatic heterocycles. The van der Waals surface area contributed by atoms with E-state index in [9.17, 15) is 0 Å². The Hall–Kier alpha value is -0.0800. The van der Waals surface area contributed by atoms with E-state index in [4.69, 9.17) is 0 Å². The van der Waals surface area contributed by atoms with Gasteiger partial charge in [-0.2, -0.15) is 0 Å². The lowest BCUT2D eigenvalue weighted by Crippen LogP contribution is -2.36. The molecule has 0 spiro atoms. The first-order valence-electron chi connectivity index (χ1n) is 5.04. The van der Waals surface area contributed by atoms with Gasteiger partial charge in [0, 0.05) is 12.6 Å². The van der Waals surface area contributed by atoms with Crippen LogP contribution in [0, 0.1) is 5.92 Å². The van der Waals surface area contributed by atoms with Crippen LogP contribution in [0.4, 0.5) is 0 Å². The zero-order valence-electron chi connectivity index (χ0n) is 8.88. The first-order chi connectivity index (χ1) is 5.65. The molecule has 1 rings (SSSR count). The van der Waals surface area contributed by atoms with Crippen LogP contribution < -0.4 is 0 Å². The minimum atomic E-state index is 0.750. The molecule has 0 aliphatic carbocycles. The third-order valence-electron chi connectivity index (χ3n) is 3.30. The largest absolute Gasteiger partial charge is 0.306 e. The third kappa shape index (κ3) is 2.20. The van der Waals surface area contributed by atoms with E-state index in [2.05, 4.69) is 37.7 Å². The van der Waals surface area contributed by atoms with Gasteiger partial charge in [-0.25, -0.2) is 0 Å². The molecule has 0 aromatic rings. The van der Waals surface area contributed by atoms with E-state index < -0.39 is 0 Å².